The van der Waals surface area contributed by atoms with E-state index in [4.69, 9.17) is 0 Å². The number of likely N-dealkylation sites (tertiary alicyclic amines) is 1. The van der Waals surface area contributed by atoms with Crippen LogP contribution in [0.5, 0.6) is 0 Å². The third-order valence-electron chi connectivity index (χ3n) is 6.83. The predicted octanol–water partition coefficient (Wildman–Crippen LogP) is 3.60. The number of piperidine rings is 1. The monoisotopic (exact) mass is 404 g/mol. The van der Waals surface area contributed by atoms with Crippen molar-refractivity contribution >= 4 is 27.8 Å². The Balaban J connectivity index is 1.37. The van der Waals surface area contributed by atoms with Crippen molar-refractivity contribution in [2.75, 3.05) is 13.1 Å². The summed E-state index contributed by atoms with van der Waals surface area (Å²) in [5.74, 6) is 0.743. The number of fused-ring (bicyclic) bond motifs is 3. The van der Waals surface area contributed by atoms with Gasteiger partial charge in [-0.15, -0.1) is 0 Å². The molecule has 1 saturated heterocycles. The van der Waals surface area contributed by atoms with Gasteiger partial charge in [-0.3, -0.25) is 9.48 Å². The van der Waals surface area contributed by atoms with Crippen LogP contribution < -0.4 is 0 Å². The van der Waals surface area contributed by atoms with Gasteiger partial charge in [0.2, 0.25) is 5.91 Å². The van der Waals surface area contributed by atoms with Crippen LogP contribution in [0, 0.1) is 12.8 Å². The molecule has 0 unspecified atom stereocenters. The van der Waals surface area contributed by atoms with E-state index < -0.39 is 0 Å². The van der Waals surface area contributed by atoms with Crippen LogP contribution in [-0.4, -0.2) is 48.2 Å². The molecule has 2 atom stereocenters. The van der Waals surface area contributed by atoms with Crippen LogP contribution in [0.3, 0.4) is 0 Å². The molecule has 0 aromatic carbocycles. The van der Waals surface area contributed by atoms with Gasteiger partial charge in [0.05, 0.1) is 17.8 Å². The first-order valence-electron chi connectivity index (χ1n) is 10.7. The molecule has 0 saturated carbocycles. The van der Waals surface area contributed by atoms with Crippen LogP contribution in [-0.2, 0) is 18.3 Å². The molecule has 7 heteroatoms. The van der Waals surface area contributed by atoms with E-state index in [0.717, 1.165) is 53.6 Å². The van der Waals surface area contributed by atoms with E-state index in [1.165, 1.54) is 5.52 Å². The second-order valence-corrected chi connectivity index (χ2v) is 8.58. The van der Waals surface area contributed by atoms with E-state index in [0.29, 0.717) is 12.3 Å². The van der Waals surface area contributed by atoms with Gasteiger partial charge in [0, 0.05) is 61.6 Å². The number of aromatic nitrogens is 5. The highest BCUT2D eigenvalue weighted by atomic mass is 16.2. The summed E-state index contributed by atoms with van der Waals surface area (Å²) in [5, 5.41) is 6.57. The topological polar surface area (TPSA) is 71.7 Å². The zero-order valence-corrected chi connectivity index (χ0v) is 17.8. The summed E-state index contributed by atoms with van der Waals surface area (Å²) in [6.45, 7) is 5.94. The Bertz CT molecular complexity index is 1220. The van der Waals surface area contributed by atoms with Gasteiger partial charge in [0.25, 0.3) is 0 Å². The molecular formula is C23H28N6O. The molecule has 1 amide bonds. The summed E-state index contributed by atoms with van der Waals surface area (Å²) in [6.07, 6.45) is 10.2. The van der Waals surface area contributed by atoms with E-state index in [9.17, 15) is 4.79 Å². The molecule has 1 fully saturated rings. The Labute approximate surface area is 175 Å². The number of rotatable bonds is 4. The second-order valence-electron chi connectivity index (χ2n) is 8.58. The van der Waals surface area contributed by atoms with Crippen LogP contribution in [0.15, 0.2) is 36.9 Å². The fraction of sp³-hybridized carbons (Fsp3) is 0.435. The predicted molar refractivity (Wildman–Crippen MR) is 117 cm³/mol. The van der Waals surface area contributed by atoms with Gasteiger partial charge < -0.3 is 14.5 Å². The number of nitrogens with one attached hydrogen (secondary N) is 1. The molecule has 1 N–H and O–H groups in total. The number of aromatic amines is 1. The molecule has 4 aromatic heterocycles. The Morgan fingerprint density at radius 1 is 1.30 bits per heavy atom. The third-order valence-corrected chi connectivity index (χ3v) is 6.83. The Kier molecular flexibility index (Phi) is 4.60. The minimum Gasteiger partial charge on any atom is -0.346 e. The van der Waals surface area contributed by atoms with Crippen molar-refractivity contribution in [2.45, 2.75) is 39.2 Å². The van der Waals surface area contributed by atoms with Gasteiger partial charge in [0.1, 0.15) is 5.65 Å². The summed E-state index contributed by atoms with van der Waals surface area (Å²) < 4.78 is 4.23. The smallest absolute Gasteiger partial charge is 0.222 e. The fourth-order valence-electron chi connectivity index (χ4n) is 4.76. The summed E-state index contributed by atoms with van der Waals surface area (Å²) in [7, 11) is 1.94. The number of H-pyrrole nitrogens is 1. The minimum atomic E-state index is 0.236. The summed E-state index contributed by atoms with van der Waals surface area (Å²) in [4.78, 5) is 22.8. The normalized spacial score (nSPS) is 19.8. The van der Waals surface area contributed by atoms with Crippen molar-refractivity contribution in [1.82, 2.24) is 29.2 Å². The molecule has 156 valence electrons. The summed E-state index contributed by atoms with van der Waals surface area (Å²) >= 11 is 0. The van der Waals surface area contributed by atoms with Gasteiger partial charge in [-0.1, -0.05) is 6.92 Å². The maximum Gasteiger partial charge on any atom is 0.222 e. The van der Waals surface area contributed by atoms with E-state index in [1.54, 1.807) is 0 Å². The highest BCUT2D eigenvalue weighted by molar-refractivity contribution is 6.02. The fourth-order valence-corrected chi connectivity index (χ4v) is 4.76. The first-order valence-corrected chi connectivity index (χ1v) is 10.7. The maximum absolute atomic E-state index is 13.0. The number of hydrogen-bond acceptors (Lipinski definition) is 3. The number of pyridine rings is 1. The Hall–Kier alpha value is -3.09. The van der Waals surface area contributed by atoms with E-state index in [2.05, 4.69) is 56.7 Å². The third kappa shape index (κ3) is 3.09. The summed E-state index contributed by atoms with van der Waals surface area (Å²) in [5.41, 5.74) is 4.41. The molecule has 0 bridgehead atoms. The lowest BCUT2D eigenvalue weighted by Gasteiger charge is -2.38. The quantitative estimate of drug-likeness (QED) is 0.565. The zero-order chi connectivity index (χ0) is 20.8. The van der Waals surface area contributed by atoms with Crippen LogP contribution >= 0.6 is 0 Å². The Morgan fingerprint density at radius 3 is 2.97 bits per heavy atom. The summed E-state index contributed by atoms with van der Waals surface area (Å²) in [6, 6.07) is 4.49. The van der Waals surface area contributed by atoms with E-state index >= 15 is 0 Å². The van der Waals surface area contributed by atoms with Crippen molar-refractivity contribution < 1.29 is 4.79 Å². The van der Waals surface area contributed by atoms with Gasteiger partial charge in [-0.25, -0.2) is 4.98 Å². The molecule has 30 heavy (non-hydrogen) atoms. The highest BCUT2D eigenvalue weighted by Crippen LogP contribution is 2.34. The number of carbonyl (C=O) groups excluding carboxylic acids is 1. The maximum atomic E-state index is 13.0. The van der Waals surface area contributed by atoms with Gasteiger partial charge in [0.15, 0.2) is 0 Å². The zero-order valence-electron chi connectivity index (χ0n) is 17.8. The lowest BCUT2D eigenvalue weighted by molar-refractivity contribution is -0.133. The average Bonchev–Trinajstić information content (AvgIpc) is 3.46. The van der Waals surface area contributed by atoms with Crippen LogP contribution in [0.2, 0.25) is 0 Å². The molecule has 0 radical (unpaired) electrons. The molecule has 5 rings (SSSR count). The van der Waals surface area contributed by atoms with E-state index in [1.807, 2.05) is 30.3 Å². The van der Waals surface area contributed by atoms with Crippen molar-refractivity contribution in [1.29, 1.82) is 0 Å². The van der Waals surface area contributed by atoms with E-state index in [-0.39, 0.29) is 11.9 Å². The largest absolute Gasteiger partial charge is 0.346 e. The Morgan fingerprint density at radius 2 is 2.17 bits per heavy atom. The van der Waals surface area contributed by atoms with Crippen LogP contribution in [0.25, 0.3) is 21.9 Å². The first-order chi connectivity index (χ1) is 14.5. The molecule has 7 nitrogen and oxygen atoms in total. The average molecular weight is 405 g/mol. The lowest BCUT2D eigenvalue weighted by atomic mass is 9.92. The molecule has 0 spiro atoms. The number of nitrogens with zero attached hydrogens (tertiary/aromatic N) is 5. The molecular weight excluding hydrogens is 376 g/mol. The second kappa shape index (κ2) is 7.31. The first kappa shape index (κ1) is 18.9. The number of amides is 1. The van der Waals surface area contributed by atoms with Crippen molar-refractivity contribution in [3.05, 3.63) is 48.2 Å². The van der Waals surface area contributed by atoms with Gasteiger partial charge >= 0.3 is 0 Å². The molecule has 1 aliphatic heterocycles. The van der Waals surface area contributed by atoms with Gasteiger partial charge in [-0.05, 0) is 43.4 Å². The van der Waals surface area contributed by atoms with Crippen LogP contribution in [0.1, 0.15) is 37.1 Å². The standard InChI is InChI=1S/C23H28N6O/c1-15-7-10-28(21(30)5-4-17-13-26-27(3)16(17)2)14-20(15)29-11-8-18-12-25-23-19(22(18)29)6-9-24-23/h6,8-9,11-13,15,20H,4-5,7,10,14H2,1-3H3,(H,24,25)/t15-,20+/m1/s1. The number of hydrogen-bond donors (Lipinski definition) is 1. The highest BCUT2D eigenvalue weighted by Gasteiger charge is 2.31. The van der Waals surface area contributed by atoms with Crippen LogP contribution in [0.4, 0.5) is 0 Å². The molecule has 5 heterocycles. The molecule has 0 aliphatic carbocycles. The van der Waals surface area contributed by atoms with Crippen molar-refractivity contribution in [3.63, 3.8) is 0 Å². The number of carbonyl (C=O) groups is 1. The van der Waals surface area contributed by atoms with Gasteiger partial charge in [-0.2, -0.15) is 5.10 Å². The SMILES string of the molecule is Cc1c(CCC(=O)N2CC[C@@H](C)[C@@H](n3ccc4cnc5[nH]ccc5c43)C2)cnn1C. The molecule has 4 aromatic rings. The molecule has 1 aliphatic rings. The van der Waals surface area contributed by atoms with Crippen molar-refractivity contribution in [2.24, 2.45) is 13.0 Å². The van der Waals surface area contributed by atoms with Crippen molar-refractivity contribution in [3.8, 4) is 0 Å². The minimum absolute atomic E-state index is 0.236. The number of aryl methyl sites for hydroxylation is 2. The lowest BCUT2D eigenvalue weighted by Crippen LogP contribution is -2.43.